The van der Waals surface area contributed by atoms with Crippen molar-refractivity contribution in [3.8, 4) is 12.1 Å². The Balaban J connectivity index is 2.64. The summed E-state index contributed by atoms with van der Waals surface area (Å²) < 4.78 is 0. The van der Waals surface area contributed by atoms with E-state index in [0.29, 0.717) is 36.2 Å². The SMILES string of the molecule is N#CCCN(CCC#N)c1nnc(N)s1. The smallest absolute Gasteiger partial charge is 0.210 e. The van der Waals surface area contributed by atoms with Crippen molar-refractivity contribution < 1.29 is 0 Å². The molecule has 1 heterocycles. The van der Waals surface area contributed by atoms with Gasteiger partial charge in [-0.1, -0.05) is 11.3 Å². The number of nitriles is 2. The highest BCUT2D eigenvalue weighted by molar-refractivity contribution is 7.18. The van der Waals surface area contributed by atoms with E-state index in [9.17, 15) is 0 Å². The van der Waals surface area contributed by atoms with Gasteiger partial charge in [0, 0.05) is 13.1 Å². The molecule has 7 heteroatoms. The summed E-state index contributed by atoms with van der Waals surface area (Å²) in [5, 5.41) is 25.6. The molecule has 0 saturated heterocycles. The Kier molecular flexibility index (Phi) is 4.32. The molecule has 0 amide bonds. The van der Waals surface area contributed by atoms with Crippen LogP contribution < -0.4 is 10.6 Å². The predicted octanol–water partition coefficient (Wildman–Crippen LogP) is 0.754. The van der Waals surface area contributed by atoms with Gasteiger partial charge in [0.2, 0.25) is 10.3 Å². The lowest BCUT2D eigenvalue weighted by molar-refractivity contribution is 0.784. The molecule has 2 N–H and O–H groups in total. The first-order chi connectivity index (χ1) is 7.27. The topological polar surface area (TPSA) is 103 Å². The van der Waals surface area contributed by atoms with Crippen LogP contribution >= 0.6 is 11.3 Å². The van der Waals surface area contributed by atoms with Gasteiger partial charge in [-0.15, -0.1) is 10.2 Å². The Morgan fingerprint density at radius 1 is 1.20 bits per heavy atom. The minimum absolute atomic E-state index is 0.393. The fraction of sp³-hybridized carbons (Fsp3) is 0.500. The molecule has 78 valence electrons. The number of aromatic nitrogens is 2. The van der Waals surface area contributed by atoms with Crippen molar-refractivity contribution in [2.24, 2.45) is 0 Å². The van der Waals surface area contributed by atoms with Gasteiger partial charge in [0.1, 0.15) is 0 Å². The average Bonchev–Trinajstić information content (AvgIpc) is 2.65. The molecule has 1 aromatic rings. The minimum Gasteiger partial charge on any atom is -0.374 e. The highest BCUT2D eigenvalue weighted by Gasteiger charge is 2.10. The van der Waals surface area contributed by atoms with Crippen LogP contribution in [0.4, 0.5) is 10.3 Å². The number of nitrogen functional groups attached to an aromatic ring is 1. The molecule has 0 atom stereocenters. The Hall–Kier alpha value is -1.86. The summed E-state index contributed by atoms with van der Waals surface area (Å²) in [6.07, 6.45) is 0.788. The third-order valence-electron chi connectivity index (χ3n) is 1.69. The molecule has 0 aliphatic rings. The van der Waals surface area contributed by atoms with E-state index in [1.54, 1.807) is 0 Å². The van der Waals surface area contributed by atoms with Crippen molar-refractivity contribution in [3.05, 3.63) is 0 Å². The van der Waals surface area contributed by atoms with E-state index >= 15 is 0 Å². The molecule has 0 aliphatic heterocycles. The maximum atomic E-state index is 8.49. The molecule has 0 spiro atoms. The summed E-state index contributed by atoms with van der Waals surface area (Å²) in [6, 6.07) is 4.10. The van der Waals surface area contributed by atoms with Gasteiger partial charge >= 0.3 is 0 Å². The predicted molar refractivity (Wildman–Crippen MR) is 57.0 cm³/mol. The van der Waals surface area contributed by atoms with E-state index in [2.05, 4.69) is 22.3 Å². The summed E-state index contributed by atoms with van der Waals surface area (Å²) in [4.78, 5) is 1.85. The van der Waals surface area contributed by atoms with Crippen LogP contribution in [0.15, 0.2) is 0 Å². The van der Waals surface area contributed by atoms with Crippen LogP contribution in [-0.2, 0) is 0 Å². The maximum Gasteiger partial charge on any atom is 0.210 e. The average molecular weight is 222 g/mol. The molecule has 1 aromatic heterocycles. The second kappa shape index (κ2) is 5.78. The third-order valence-corrected chi connectivity index (χ3v) is 2.50. The molecule has 0 unspecified atom stereocenters. The van der Waals surface area contributed by atoms with Crippen molar-refractivity contribution in [2.75, 3.05) is 23.7 Å². The van der Waals surface area contributed by atoms with Crippen molar-refractivity contribution in [1.29, 1.82) is 10.5 Å². The van der Waals surface area contributed by atoms with Crippen LogP contribution in [-0.4, -0.2) is 23.3 Å². The van der Waals surface area contributed by atoms with E-state index in [0.717, 1.165) is 0 Å². The number of nitrogens with two attached hydrogens (primary N) is 1. The van der Waals surface area contributed by atoms with Crippen LogP contribution in [0.3, 0.4) is 0 Å². The second-order valence-electron chi connectivity index (χ2n) is 2.73. The summed E-state index contributed by atoms with van der Waals surface area (Å²) in [5.74, 6) is 0. The third kappa shape index (κ3) is 3.41. The second-order valence-corrected chi connectivity index (χ2v) is 3.71. The first-order valence-electron chi connectivity index (χ1n) is 4.35. The van der Waals surface area contributed by atoms with Gasteiger partial charge < -0.3 is 10.6 Å². The zero-order valence-corrected chi connectivity index (χ0v) is 8.87. The van der Waals surface area contributed by atoms with Crippen LogP contribution in [0.1, 0.15) is 12.8 Å². The molecular weight excluding hydrogens is 212 g/mol. The monoisotopic (exact) mass is 222 g/mol. The fourth-order valence-corrected chi connectivity index (χ4v) is 1.69. The van der Waals surface area contributed by atoms with Crippen LogP contribution in [0.25, 0.3) is 0 Å². The Morgan fingerprint density at radius 2 is 1.80 bits per heavy atom. The molecule has 0 fully saturated rings. The molecule has 15 heavy (non-hydrogen) atoms. The van der Waals surface area contributed by atoms with Crippen LogP contribution in [0.5, 0.6) is 0 Å². The van der Waals surface area contributed by atoms with E-state index in [-0.39, 0.29) is 0 Å². The molecule has 0 bridgehead atoms. The summed E-state index contributed by atoms with van der Waals surface area (Å²) in [5.41, 5.74) is 5.46. The van der Waals surface area contributed by atoms with Gasteiger partial charge in [0.05, 0.1) is 25.0 Å². The van der Waals surface area contributed by atoms with Gasteiger partial charge in [-0.3, -0.25) is 0 Å². The summed E-state index contributed by atoms with van der Waals surface area (Å²) in [6.45, 7) is 1.10. The van der Waals surface area contributed by atoms with Crippen molar-refractivity contribution >= 4 is 21.6 Å². The van der Waals surface area contributed by atoms with Gasteiger partial charge in [0.15, 0.2) is 0 Å². The summed E-state index contributed by atoms with van der Waals surface area (Å²) in [7, 11) is 0. The maximum absolute atomic E-state index is 8.49. The lowest BCUT2D eigenvalue weighted by Gasteiger charge is -2.17. The first kappa shape index (κ1) is 11.2. The standard InChI is InChI=1S/C8H10N6S/c9-3-1-5-14(6-2-4-10)8-13-12-7(11)15-8/h1-2,5-6H2,(H2,11,12). The van der Waals surface area contributed by atoms with Gasteiger partial charge in [0.25, 0.3) is 0 Å². The van der Waals surface area contributed by atoms with Gasteiger partial charge in [-0.05, 0) is 0 Å². The lowest BCUT2D eigenvalue weighted by Crippen LogP contribution is -2.25. The first-order valence-corrected chi connectivity index (χ1v) is 5.17. The number of hydrogen-bond acceptors (Lipinski definition) is 7. The molecule has 0 aromatic carbocycles. The lowest BCUT2D eigenvalue weighted by atomic mass is 10.4. The number of nitrogens with zero attached hydrogens (tertiary/aromatic N) is 5. The van der Waals surface area contributed by atoms with Crippen molar-refractivity contribution in [3.63, 3.8) is 0 Å². The fourth-order valence-electron chi connectivity index (χ4n) is 1.03. The Labute approximate surface area is 91.6 Å². The zero-order valence-electron chi connectivity index (χ0n) is 8.05. The summed E-state index contributed by atoms with van der Waals surface area (Å²) >= 11 is 1.26. The van der Waals surface area contributed by atoms with Gasteiger partial charge in [-0.25, -0.2) is 0 Å². The zero-order chi connectivity index (χ0) is 11.1. The van der Waals surface area contributed by atoms with E-state index in [1.165, 1.54) is 11.3 Å². The van der Waals surface area contributed by atoms with Crippen LogP contribution in [0, 0.1) is 22.7 Å². The number of anilines is 2. The van der Waals surface area contributed by atoms with E-state index in [4.69, 9.17) is 16.3 Å². The number of rotatable bonds is 5. The molecular formula is C8H10N6S. The normalized spacial score (nSPS) is 9.20. The Morgan fingerprint density at radius 3 is 2.20 bits per heavy atom. The molecule has 0 saturated carbocycles. The molecule has 1 rings (SSSR count). The highest BCUT2D eigenvalue weighted by Crippen LogP contribution is 2.21. The molecule has 0 radical (unpaired) electrons. The van der Waals surface area contributed by atoms with Gasteiger partial charge in [-0.2, -0.15) is 10.5 Å². The van der Waals surface area contributed by atoms with E-state index < -0.39 is 0 Å². The van der Waals surface area contributed by atoms with Crippen molar-refractivity contribution in [1.82, 2.24) is 10.2 Å². The van der Waals surface area contributed by atoms with Crippen LogP contribution in [0.2, 0.25) is 0 Å². The quantitative estimate of drug-likeness (QED) is 0.788. The Bertz CT molecular complexity index is 369. The largest absolute Gasteiger partial charge is 0.374 e. The van der Waals surface area contributed by atoms with Crippen molar-refractivity contribution in [2.45, 2.75) is 12.8 Å². The molecule has 6 nitrogen and oxygen atoms in total. The highest BCUT2D eigenvalue weighted by atomic mass is 32.1. The minimum atomic E-state index is 0.393. The number of hydrogen-bond donors (Lipinski definition) is 1. The van der Waals surface area contributed by atoms with E-state index in [1.807, 2.05) is 4.90 Å². The molecule has 0 aliphatic carbocycles.